The van der Waals surface area contributed by atoms with Gasteiger partial charge in [0.25, 0.3) is 5.91 Å². The molecule has 2 rings (SSSR count). The van der Waals surface area contributed by atoms with Crippen LogP contribution in [0.3, 0.4) is 0 Å². The van der Waals surface area contributed by atoms with Gasteiger partial charge < -0.3 is 14.8 Å². The van der Waals surface area contributed by atoms with E-state index in [-0.39, 0.29) is 12.0 Å². The van der Waals surface area contributed by atoms with Crippen LogP contribution in [-0.2, 0) is 17.8 Å². The van der Waals surface area contributed by atoms with Crippen LogP contribution in [0.2, 0.25) is 0 Å². The van der Waals surface area contributed by atoms with E-state index in [0.29, 0.717) is 13.0 Å². The molecule has 0 heterocycles. The van der Waals surface area contributed by atoms with Crippen LogP contribution >= 0.6 is 0 Å². The van der Waals surface area contributed by atoms with Crippen molar-refractivity contribution in [2.75, 3.05) is 0 Å². The average molecular weight is 355 g/mol. The Bertz CT molecular complexity index is 678. The maximum Gasteiger partial charge on any atom is 0.261 e. The van der Waals surface area contributed by atoms with Gasteiger partial charge in [-0.05, 0) is 62.1 Å². The minimum atomic E-state index is -0.494. The van der Waals surface area contributed by atoms with Crippen LogP contribution in [-0.4, -0.2) is 18.1 Å². The van der Waals surface area contributed by atoms with Crippen LogP contribution in [0.15, 0.2) is 48.5 Å². The van der Waals surface area contributed by atoms with Crippen molar-refractivity contribution < 1.29 is 14.3 Å². The van der Waals surface area contributed by atoms with E-state index in [1.807, 2.05) is 69.3 Å². The SMILES string of the molecule is CCc1ccc(OC(CC)C(=O)NCc2ccc(OC(C)C)cc2)cc1. The highest BCUT2D eigenvalue weighted by atomic mass is 16.5. The van der Waals surface area contributed by atoms with Crippen molar-refractivity contribution in [1.29, 1.82) is 0 Å². The molecular weight excluding hydrogens is 326 g/mol. The summed E-state index contributed by atoms with van der Waals surface area (Å²) in [5.74, 6) is 1.45. The van der Waals surface area contributed by atoms with E-state index in [0.717, 1.165) is 23.5 Å². The summed E-state index contributed by atoms with van der Waals surface area (Å²) in [5, 5.41) is 2.95. The van der Waals surface area contributed by atoms with Crippen molar-refractivity contribution >= 4 is 5.91 Å². The van der Waals surface area contributed by atoms with E-state index in [2.05, 4.69) is 12.2 Å². The molecule has 1 N–H and O–H groups in total. The van der Waals surface area contributed by atoms with E-state index >= 15 is 0 Å². The number of hydrogen-bond donors (Lipinski definition) is 1. The highest BCUT2D eigenvalue weighted by Gasteiger charge is 2.18. The molecule has 0 fully saturated rings. The lowest BCUT2D eigenvalue weighted by Crippen LogP contribution is -2.37. The second kappa shape index (κ2) is 9.85. The number of benzene rings is 2. The largest absolute Gasteiger partial charge is 0.491 e. The van der Waals surface area contributed by atoms with Gasteiger partial charge in [-0.15, -0.1) is 0 Å². The number of hydrogen-bond acceptors (Lipinski definition) is 3. The molecule has 1 unspecified atom stereocenters. The van der Waals surface area contributed by atoms with Crippen molar-refractivity contribution in [3.05, 3.63) is 59.7 Å². The number of ether oxygens (including phenoxy) is 2. The van der Waals surface area contributed by atoms with Gasteiger partial charge in [-0.2, -0.15) is 0 Å². The maximum atomic E-state index is 12.4. The summed E-state index contributed by atoms with van der Waals surface area (Å²) in [6.45, 7) is 8.52. The number of amides is 1. The Labute approximate surface area is 156 Å². The number of aryl methyl sites for hydroxylation is 1. The minimum Gasteiger partial charge on any atom is -0.491 e. The Morgan fingerprint density at radius 2 is 1.42 bits per heavy atom. The molecule has 1 atom stereocenters. The summed E-state index contributed by atoms with van der Waals surface area (Å²) in [5.41, 5.74) is 2.27. The van der Waals surface area contributed by atoms with E-state index in [4.69, 9.17) is 9.47 Å². The Morgan fingerprint density at radius 3 is 1.92 bits per heavy atom. The average Bonchev–Trinajstić information content (AvgIpc) is 2.65. The topological polar surface area (TPSA) is 47.6 Å². The molecular formula is C22H29NO3. The van der Waals surface area contributed by atoms with Crippen molar-refractivity contribution in [3.8, 4) is 11.5 Å². The second-order valence-corrected chi connectivity index (χ2v) is 6.54. The van der Waals surface area contributed by atoms with Gasteiger partial charge in [0.2, 0.25) is 0 Å². The van der Waals surface area contributed by atoms with Crippen molar-refractivity contribution in [1.82, 2.24) is 5.32 Å². The Kier molecular flexibility index (Phi) is 7.52. The molecule has 26 heavy (non-hydrogen) atoms. The van der Waals surface area contributed by atoms with Crippen LogP contribution in [0, 0.1) is 0 Å². The summed E-state index contributed by atoms with van der Waals surface area (Å²) in [6, 6.07) is 15.7. The van der Waals surface area contributed by atoms with Gasteiger partial charge in [-0.25, -0.2) is 0 Å². The van der Waals surface area contributed by atoms with Crippen LogP contribution in [0.1, 0.15) is 45.2 Å². The molecule has 0 saturated heterocycles. The lowest BCUT2D eigenvalue weighted by molar-refractivity contribution is -0.128. The molecule has 0 radical (unpaired) electrons. The molecule has 0 aliphatic heterocycles. The van der Waals surface area contributed by atoms with Gasteiger partial charge in [0.1, 0.15) is 11.5 Å². The Morgan fingerprint density at radius 1 is 0.885 bits per heavy atom. The van der Waals surface area contributed by atoms with Gasteiger partial charge in [0, 0.05) is 6.54 Å². The minimum absolute atomic E-state index is 0.102. The molecule has 0 saturated carbocycles. The highest BCUT2D eigenvalue weighted by molar-refractivity contribution is 5.81. The van der Waals surface area contributed by atoms with Gasteiger partial charge in [0.05, 0.1) is 6.10 Å². The maximum absolute atomic E-state index is 12.4. The van der Waals surface area contributed by atoms with E-state index < -0.39 is 6.10 Å². The van der Waals surface area contributed by atoms with Gasteiger partial charge in [-0.3, -0.25) is 4.79 Å². The summed E-state index contributed by atoms with van der Waals surface area (Å²) < 4.78 is 11.5. The molecule has 0 aliphatic carbocycles. The number of carbonyl (C=O) groups excluding carboxylic acids is 1. The van der Waals surface area contributed by atoms with Crippen LogP contribution in [0.5, 0.6) is 11.5 Å². The highest BCUT2D eigenvalue weighted by Crippen LogP contribution is 2.16. The van der Waals surface area contributed by atoms with Crippen LogP contribution in [0.4, 0.5) is 0 Å². The molecule has 2 aromatic carbocycles. The third-order valence-corrected chi connectivity index (χ3v) is 4.04. The van der Waals surface area contributed by atoms with E-state index in [1.165, 1.54) is 5.56 Å². The van der Waals surface area contributed by atoms with Crippen molar-refractivity contribution in [3.63, 3.8) is 0 Å². The molecule has 2 aromatic rings. The van der Waals surface area contributed by atoms with Crippen LogP contribution in [0.25, 0.3) is 0 Å². The molecule has 0 bridgehead atoms. The molecule has 140 valence electrons. The first kappa shape index (κ1) is 19.8. The first-order valence-corrected chi connectivity index (χ1v) is 9.30. The Balaban J connectivity index is 1.87. The summed E-state index contributed by atoms with van der Waals surface area (Å²) in [6.07, 6.45) is 1.25. The smallest absolute Gasteiger partial charge is 0.261 e. The van der Waals surface area contributed by atoms with Gasteiger partial charge in [0.15, 0.2) is 6.10 Å². The monoisotopic (exact) mass is 355 g/mol. The fourth-order valence-corrected chi connectivity index (χ4v) is 2.55. The fraction of sp³-hybridized carbons (Fsp3) is 0.409. The molecule has 0 aliphatic rings. The molecule has 4 nitrogen and oxygen atoms in total. The van der Waals surface area contributed by atoms with E-state index in [1.54, 1.807) is 0 Å². The number of rotatable bonds is 9. The Hall–Kier alpha value is -2.49. The first-order valence-electron chi connectivity index (χ1n) is 9.30. The summed E-state index contributed by atoms with van der Waals surface area (Å²) in [4.78, 5) is 12.4. The zero-order valence-corrected chi connectivity index (χ0v) is 16.1. The quantitative estimate of drug-likeness (QED) is 0.720. The fourth-order valence-electron chi connectivity index (χ4n) is 2.55. The number of carbonyl (C=O) groups is 1. The predicted octanol–water partition coefficient (Wildman–Crippen LogP) is 4.51. The third kappa shape index (κ3) is 6.10. The van der Waals surface area contributed by atoms with Crippen LogP contribution < -0.4 is 14.8 Å². The zero-order valence-electron chi connectivity index (χ0n) is 16.1. The molecule has 1 amide bonds. The summed E-state index contributed by atoms with van der Waals surface area (Å²) >= 11 is 0. The molecule has 0 spiro atoms. The zero-order chi connectivity index (χ0) is 18.9. The van der Waals surface area contributed by atoms with Crippen molar-refractivity contribution in [2.24, 2.45) is 0 Å². The van der Waals surface area contributed by atoms with E-state index in [9.17, 15) is 4.79 Å². The molecule has 0 aromatic heterocycles. The first-order chi connectivity index (χ1) is 12.5. The van der Waals surface area contributed by atoms with Crippen molar-refractivity contribution in [2.45, 2.75) is 59.3 Å². The molecule has 4 heteroatoms. The van der Waals surface area contributed by atoms with Gasteiger partial charge in [-0.1, -0.05) is 38.1 Å². The van der Waals surface area contributed by atoms with Gasteiger partial charge >= 0.3 is 0 Å². The lowest BCUT2D eigenvalue weighted by Gasteiger charge is -2.17. The summed E-state index contributed by atoms with van der Waals surface area (Å²) in [7, 11) is 0. The second-order valence-electron chi connectivity index (χ2n) is 6.54. The third-order valence-electron chi connectivity index (χ3n) is 4.04. The lowest BCUT2D eigenvalue weighted by atomic mass is 10.1. The predicted molar refractivity (Wildman–Crippen MR) is 105 cm³/mol. The standard InChI is InChI=1S/C22H29NO3/c1-5-17-7-11-20(12-8-17)26-21(6-2)22(24)23-15-18-9-13-19(14-10-18)25-16(3)4/h7-14,16,21H,5-6,15H2,1-4H3,(H,23,24). The normalized spacial score (nSPS) is 11.9. The number of nitrogens with one attached hydrogen (secondary N) is 1.